The van der Waals surface area contributed by atoms with Gasteiger partial charge in [0, 0.05) is 18.2 Å². The normalized spacial score (nSPS) is 10.0. The number of benzene rings is 2. The van der Waals surface area contributed by atoms with Gasteiger partial charge in [-0.05, 0) is 24.6 Å². The monoisotopic (exact) mass is 342 g/mol. The molecule has 2 amide bonds. The van der Waals surface area contributed by atoms with Crippen molar-refractivity contribution in [2.75, 3.05) is 20.8 Å². The highest BCUT2D eigenvalue weighted by Gasteiger charge is 2.11. The smallest absolute Gasteiger partial charge is 0.251 e. The Hall–Kier alpha value is -3.02. The van der Waals surface area contributed by atoms with Crippen LogP contribution in [0.25, 0.3) is 0 Å². The maximum absolute atomic E-state index is 12.2. The average molecular weight is 342 g/mol. The highest BCUT2D eigenvalue weighted by molar-refractivity contribution is 5.97. The lowest BCUT2D eigenvalue weighted by Crippen LogP contribution is -2.36. The van der Waals surface area contributed by atoms with Gasteiger partial charge in [-0.2, -0.15) is 0 Å². The van der Waals surface area contributed by atoms with Gasteiger partial charge in [-0.1, -0.05) is 29.8 Å². The van der Waals surface area contributed by atoms with Crippen LogP contribution in [0, 0.1) is 6.92 Å². The zero-order valence-corrected chi connectivity index (χ0v) is 14.6. The van der Waals surface area contributed by atoms with Crippen LogP contribution in [0.2, 0.25) is 0 Å². The molecule has 0 aliphatic heterocycles. The molecule has 0 saturated heterocycles. The molecule has 2 N–H and O–H groups in total. The summed E-state index contributed by atoms with van der Waals surface area (Å²) in [6, 6.07) is 12.7. The minimum atomic E-state index is -0.372. The van der Waals surface area contributed by atoms with Crippen molar-refractivity contribution in [3.8, 4) is 11.5 Å². The van der Waals surface area contributed by atoms with Crippen molar-refractivity contribution in [2.24, 2.45) is 0 Å². The van der Waals surface area contributed by atoms with Gasteiger partial charge in [-0.3, -0.25) is 9.59 Å². The first-order chi connectivity index (χ1) is 12.0. The van der Waals surface area contributed by atoms with E-state index >= 15 is 0 Å². The number of amides is 2. The molecule has 2 rings (SSSR count). The van der Waals surface area contributed by atoms with E-state index in [1.807, 2.05) is 31.2 Å². The van der Waals surface area contributed by atoms with Gasteiger partial charge in [0.15, 0.2) is 0 Å². The second kappa shape index (κ2) is 8.73. The van der Waals surface area contributed by atoms with Crippen LogP contribution in [0.15, 0.2) is 42.5 Å². The van der Waals surface area contributed by atoms with Crippen molar-refractivity contribution < 1.29 is 19.1 Å². The van der Waals surface area contributed by atoms with Crippen LogP contribution >= 0.6 is 0 Å². The molecule has 0 bridgehead atoms. The number of hydrogen-bond donors (Lipinski definition) is 2. The fourth-order valence-corrected chi connectivity index (χ4v) is 2.29. The third-order valence-corrected chi connectivity index (χ3v) is 3.60. The second-order valence-corrected chi connectivity index (χ2v) is 5.55. The van der Waals surface area contributed by atoms with E-state index in [9.17, 15) is 9.59 Å². The number of methoxy groups -OCH3 is 2. The van der Waals surface area contributed by atoms with Crippen LogP contribution < -0.4 is 20.1 Å². The number of carbonyl (C=O) groups is 2. The Morgan fingerprint density at radius 2 is 1.64 bits per heavy atom. The van der Waals surface area contributed by atoms with Crippen LogP contribution in [-0.4, -0.2) is 32.6 Å². The fraction of sp³-hybridized carbons (Fsp3) is 0.263. The first-order valence-corrected chi connectivity index (χ1v) is 7.85. The minimum absolute atomic E-state index is 0.107. The molecular formula is C19H22N2O4. The van der Waals surface area contributed by atoms with Gasteiger partial charge >= 0.3 is 0 Å². The first-order valence-electron chi connectivity index (χ1n) is 7.85. The molecule has 0 heterocycles. The SMILES string of the molecule is COc1cc(OC)cc(C(=O)NCC(=O)NCc2cccc(C)c2)c1. The summed E-state index contributed by atoms with van der Waals surface area (Å²) in [4.78, 5) is 24.1. The summed E-state index contributed by atoms with van der Waals surface area (Å²) in [6.07, 6.45) is 0. The molecule has 0 radical (unpaired) electrons. The van der Waals surface area contributed by atoms with Gasteiger partial charge < -0.3 is 20.1 Å². The highest BCUT2D eigenvalue weighted by atomic mass is 16.5. The molecule has 132 valence electrons. The third kappa shape index (κ3) is 5.53. The molecule has 0 atom stereocenters. The third-order valence-electron chi connectivity index (χ3n) is 3.60. The van der Waals surface area contributed by atoms with Gasteiger partial charge in [0.05, 0.1) is 20.8 Å². The molecule has 0 saturated carbocycles. The van der Waals surface area contributed by atoms with E-state index in [1.165, 1.54) is 14.2 Å². The topological polar surface area (TPSA) is 76.7 Å². The van der Waals surface area contributed by atoms with Crippen molar-refractivity contribution in [1.82, 2.24) is 10.6 Å². The molecule has 0 aliphatic rings. The van der Waals surface area contributed by atoms with Crippen LogP contribution in [0.1, 0.15) is 21.5 Å². The van der Waals surface area contributed by atoms with Crippen LogP contribution in [0.4, 0.5) is 0 Å². The van der Waals surface area contributed by atoms with Crippen LogP contribution in [0.5, 0.6) is 11.5 Å². The average Bonchev–Trinajstić information content (AvgIpc) is 2.63. The quantitative estimate of drug-likeness (QED) is 0.807. The Bertz CT molecular complexity index is 737. The number of rotatable bonds is 7. The van der Waals surface area contributed by atoms with E-state index in [1.54, 1.807) is 18.2 Å². The van der Waals surface area contributed by atoms with Gasteiger partial charge in [0.2, 0.25) is 5.91 Å². The molecule has 0 unspecified atom stereocenters. The maximum atomic E-state index is 12.2. The molecule has 0 fully saturated rings. The summed E-state index contributed by atoms with van der Waals surface area (Å²) < 4.78 is 10.3. The molecule has 0 aliphatic carbocycles. The van der Waals surface area contributed by atoms with Gasteiger partial charge in [0.25, 0.3) is 5.91 Å². The maximum Gasteiger partial charge on any atom is 0.251 e. The Morgan fingerprint density at radius 1 is 0.960 bits per heavy atom. The molecule has 0 spiro atoms. The van der Waals surface area contributed by atoms with E-state index < -0.39 is 0 Å². The Balaban J connectivity index is 1.87. The molecule has 6 nitrogen and oxygen atoms in total. The van der Waals surface area contributed by atoms with Crippen molar-refractivity contribution in [3.63, 3.8) is 0 Å². The lowest BCUT2D eigenvalue weighted by atomic mass is 10.1. The van der Waals surface area contributed by atoms with Crippen molar-refractivity contribution in [3.05, 3.63) is 59.2 Å². The molecule has 6 heteroatoms. The molecule has 25 heavy (non-hydrogen) atoms. The lowest BCUT2D eigenvalue weighted by molar-refractivity contribution is -0.120. The van der Waals surface area contributed by atoms with Crippen LogP contribution in [-0.2, 0) is 11.3 Å². The van der Waals surface area contributed by atoms with E-state index in [0.29, 0.717) is 23.6 Å². The number of aryl methyl sites for hydroxylation is 1. The zero-order chi connectivity index (χ0) is 18.2. The van der Waals surface area contributed by atoms with E-state index in [0.717, 1.165) is 11.1 Å². The summed E-state index contributed by atoms with van der Waals surface area (Å²) in [5, 5.41) is 5.36. The largest absolute Gasteiger partial charge is 0.497 e. The number of ether oxygens (including phenoxy) is 2. The summed E-state index contributed by atoms with van der Waals surface area (Å²) in [7, 11) is 3.02. The molecule has 2 aromatic carbocycles. The van der Waals surface area contributed by atoms with Crippen molar-refractivity contribution in [2.45, 2.75) is 13.5 Å². The second-order valence-electron chi connectivity index (χ2n) is 5.55. The van der Waals surface area contributed by atoms with E-state index in [4.69, 9.17) is 9.47 Å². The lowest BCUT2D eigenvalue weighted by Gasteiger charge is -2.10. The predicted octanol–water partition coefficient (Wildman–Crippen LogP) is 2.06. The summed E-state index contributed by atoms with van der Waals surface area (Å²) in [5.74, 6) is 0.384. The van der Waals surface area contributed by atoms with E-state index in [-0.39, 0.29) is 18.4 Å². The number of hydrogen-bond acceptors (Lipinski definition) is 4. The van der Waals surface area contributed by atoms with Gasteiger partial charge in [-0.15, -0.1) is 0 Å². The van der Waals surface area contributed by atoms with Crippen molar-refractivity contribution >= 4 is 11.8 Å². The minimum Gasteiger partial charge on any atom is -0.497 e. The highest BCUT2D eigenvalue weighted by Crippen LogP contribution is 2.22. The Morgan fingerprint density at radius 3 is 2.24 bits per heavy atom. The van der Waals surface area contributed by atoms with Gasteiger partial charge in [-0.25, -0.2) is 0 Å². The summed E-state index contributed by atoms with van der Waals surface area (Å²) in [6.45, 7) is 2.31. The molecule has 2 aromatic rings. The standard InChI is InChI=1S/C19H22N2O4/c1-13-5-4-6-14(7-13)11-20-18(22)12-21-19(23)15-8-16(24-2)10-17(9-15)25-3/h4-10H,11-12H2,1-3H3,(H,20,22)(H,21,23). The predicted molar refractivity (Wildman–Crippen MR) is 94.9 cm³/mol. The molecular weight excluding hydrogens is 320 g/mol. The summed E-state index contributed by atoms with van der Waals surface area (Å²) >= 11 is 0. The zero-order valence-electron chi connectivity index (χ0n) is 14.6. The van der Waals surface area contributed by atoms with Crippen molar-refractivity contribution in [1.29, 1.82) is 0 Å². The number of nitrogens with one attached hydrogen (secondary N) is 2. The van der Waals surface area contributed by atoms with E-state index in [2.05, 4.69) is 10.6 Å². The fourth-order valence-electron chi connectivity index (χ4n) is 2.29. The summed E-state index contributed by atoms with van der Waals surface area (Å²) in [5.41, 5.74) is 2.51. The van der Waals surface area contributed by atoms with Crippen LogP contribution in [0.3, 0.4) is 0 Å². The number of carbonyl (C=O) groups excluding carboxylic acids is 2. The van der Waals surface area contributed by atoms with Gasteiger partial charge in [0.1, 0.15) is 11.5 Å². The Labute approximate surface area is 147 Å². The first kappa shape index (κ1) is 18.3. The Kier molecular flexibility index (Phi) is 6.39. The molecule has 0 aromatic heterocycles.